The zero-order valence-corrected chi connectivity index (χ0v) is 8.86. The number of hydrogen-bond donors (Lipinski definition) is 2. The number of guanidine groups is 1. The van der Waals surface area contributed by atoms with E-state index in [4.69, 9.17) is 11.1 Å². The van der Waals surface area contributed by atoms with Crippen LogP contribution >= 0.6 is 22.9 Å². The normalized spacial score (nSPS) is 9.31. The van der Waals surface area contributed by atoms with Gasteiger partial charge in [-0.05, 0) is 12.1 Å². The zero-order valence-electron chi connectivity index (χ0n) is 6.70. The molecule has 1 aromatic rings. The Morgan fingerprint density at radius 1 is 1.38 bits per heavy atom. The Morgan fingerprint density at radius 3 is 2.38 bits per heavy atom. The van der Waals surface area contributed by atoms with Gasteiger partial charge in [0.1, 0.15) is 0 Å². The van der Waals surface area contributed by atoms with Gasteiger partial charge in [-0.25, -0.2) is 3.11 Å². The van der Waals surface area contributed by atoms with Gasteiger partial charge >= 0.3 is 0 Å². The van der Waals surface area contributed by atoms with Crippen molar-refractivity contribution in [3.05, 3.63) is 35.9 Å². The molecule has 13 heavy (non-hydrogen) atoms. The molecule has 0 atom stereocenters. The first-order valence-corrected chi connectivity index (χ1v) is 4.48. The molecule has 0 radical (unpaired) electrons. The smallest absolute Gasteiger partial charge is 0.269 e. The predicted molar refractivity (Wildman–Crippen MR) is 58.5 cm³/mol. The predicted octanol–water partition coefficient (Wildman–Crippen LogP) is 1.37. The van der Waals surface area contributed by atoms with Crippen molar-refractivity contribution >= 4 is 34.7 Å². The molecule has 0 heterocycles. The number of hydrogen-bond acceptors (Lipinski definition) is 2. The van der Waals surface area contributed by atoms with Crippen molar-refractivity contribution in [2.45, 2.75) is 0 Å². The first kappa shape index (κ1) is 9.97. The van der Waals surface area contributed by atoms with Crippen molar-refractivity contribution in [1.82, 2.24) is 3.11 Å². The molecule has 0 unspecified atom stereocenters. The Balaban J connectivity index is 2.86. The topological polar surface area (TPSA) is 70.2 Å². The number of benzene rings is 1. The summed E-state index contributed by atoms with van der Waals surface area (Å²) in [6, 6.07) is 8.70. The van der Waals surface area contributed by atoms with E-state index in [0.717, 1.165) is 3.11 Å². The van der Waals surface area contributed by atoms with E-state index < -0.39 is 0 Å². The average molecular weight is 289 g/mol. The first-order chi connectivity index (χ1) is 6.13. The summed E-state index contributed by atoms with van der Waals surface area (Å²) < 4.78 is 1.06. The highest BCUT2D eigenvalue weighted by Crippen LogP contribution is 2.07. The summed E-state index contributed by atoms with van der Waals surface area (Å²) in [6.45, 7) is 0. The molecular weight excluding hydrogens is 281 g/mol. The number of nitrogens with zero attached hydrogens (tertiary/aromatic N) is 1. The molecule has 0 saturated heterocycles. The minimum absolute atomic E-state index is 0.269. The molecule has 0 spiro atoms. The van der Waals surface area contributed by atoms with E-state index in [9.17, 15) is 4.79 Å². The molecule has 1 aromatic carbocycles. The van der Waals surface area contributed by atoms with E-state index in [1.807, 2.05) is 6.07 Å². The molecule has 0 saturated carbocycles. The second-order valence-corrected chi connectivity index (χ2v) is 3.30. The molecule has 5 heteroatoms. The Morgan fingerprint density at radius 2 is 1.92 bits per heavy atom. The molecular formula is C8H8IN3O. The van der Waals surface area contributed by atoms with Crippen LogP contribution in [0.15, 0.2) is 30.3 Å². The van der Waals surface area contributed by atoms with Gasteiger partial charge in [-0.2, -0.15) is 0 Å². The molecule has 1 rings (SSSR count). The van der Waals surface area contributed by atoms with Gasteiger partial charge in [0, 0.05) is 5.56 Å². The third kappa shape index (κ3) is 2.41. The zero-order chi connectivity index (χ0) is 9.84. The SMILES string of the molecule is N=C(N)N(I)C(=O)c1ccccc1. The van der Waals surface area contributed by atoms with Gasteiger partial charge < -0.3 is 5.73 Å². The summed E-state index contributed by atoms with van der Waals surface area (Å²) in [5.74, 6) is -0.553. The molecule has 0 aliphatic carbocycles. The summed E-state index contributed by atoms with van der Waals surface area (Å²) in [6.07, 6.45) is 0. The van der Waals surface area contributed by atoms with Crippen molar-refractivity contribution < 1.29 is 4.79 Å². The van der Waals surface area contributed by atoms with Crippen LogP contribution in [0.25, 0.3) is 0 Å². The Bertz CT molecular complexity index is 325. The van der Waals surface area contributed by atoms with Crippen LogP contribution in [-0.2, 0) is 0 Å². The van der Waals surface area contributed by atoms with Crippen LogP contribution in [0, 0.1) is 5.41 Å². The summed E-state index contributed by atoms with van der Waals surface area (Å²) in [4.78, 5) is 11.5. The summed E-state index contributed by atoms with van der Waals surface area (Å²) in [5, 5.41) is 7.06. The number of nitrogens with two attached hydrogens (primary N) is 1. The lowest BCUT2D eigenvalue weighted by molar-refractivity contribution is 0.0930. The number of carbonyl (C=O) groups is 1. The number of halogens is 1. The van der Waals surface area contributed by atoms with Gasteiger partial charge in [0.15, 0.2) is 0 Å². The fourth-order valence-electron chi connectivity index (χ4n) is 0.803. The van der Waals surface area contributed by atoms with Gasteiger partial charge in [-0.15, -0.1) is 0 Å². The molecule has 0 fully saturated rings. The average Bonchev–Trinajstić information content (AvgIpc) is 2.17. The molecule has 4 nitrogen and oxygen atoms in total. The number of rotatable bonds is 1. The third-order valence-corrected chi connectivity index (χ3v) is 2.37. The molecule has 1 amide bonds. The lowest BCUT2D eigenvalue weighted by atomic mass is 10.2. The highest BCUT2D eigenvalue weighted by molar-refractivity contribution is 14.1. The highest BCUT2D eigenvalue weighted by atomic mass is 127. The quantitative estimate of drug-likeness (QED) is 0.355. The largest absolute Gasteiger partial charge is 0.369 e. The van der Waals surface area contributed by atoms with Crippen LogP contribution in [0.1, 0.15) is 10.4 Å². The van der Waals surface area contributed by atoms with Crippen molar-refractivity contribution in [2.75, 3.05) is 0 Å². The van der Waals surface area contributed by atoms with E-state index in [1.165, 1.54) is 0 Å². The molecule has 68 valence electrons. The molecule has 0 bridgehead atoms. The van der Waals surface area contributed by atoms with Gasteiger partial charge in [-0.3, -0.25) is 10.2 Å². The summed E-state index contributed by atoms with van der Waals surface area (Å²) in [5.41, 5.74) is 5.68. The standard InChI is InChI=1S/C8H8IN3O/c9-12(8(10)11)7(13)6-4-2-1-3-5-6/h1-5H,(H3,10,11). The lowest BCUT2D eigenvalue weighted by Gasteiger charge is -2.11. The van der Waals surface area contributed by atoms with Crippen LogP contribution in [-0.4, -0.2) is 15.0 Å². The Hall–Kier alpha value is -1.11. The highest BCUT2D eigenvalue weighted by Gasteiger charge is 2.14. The maximum atomic E-state index is 11.5. The van der Waals surface area contributed by atoms with E-state index >= 15 is 0 Å². The van der Waals surface area contributed by atoms with Crippen molar-refractivity contribution in [3.63, 3.8) is 0 Å². The lowest BCUT2D eigenvalue weighted by Crippen LogP contribution is -2.33. The summed E-state index contributed by atoms with van der Waals surface area (Å²) >= 11 is 1.70. The van der Waals surface area contributed by atoms with Crippen molar-refractivity contribution in [2.24, 2.45) is 5.73 Å². The second kappa shape index (κ2) is 4.22. The van der Waals surface area contributed by atoms with Gasteiger partial charge in [0.05, 0.1) is 22.9 Å². The van der Waals surface area contributed by atoms with Crippen LogP contribution in [0.2, 0.25) is 0 Å². The third-order valence-electron chi connectivity index (χ3n) is 1.41. The monoisotopic (exact) mass is 289 g/mol. The molecule has 0 aromatic heterocycles. The van der Waals surface area contributed by atoms with Crippen LogP contribution in [0.3, 0.4) is 0 Å². The van der Waals surface area contributed by atoms with Crippen LogP contribution in [0.4, 0.5) is 0 Å². The number of nitrogens with one attached hydrogen (secondary N) is 1. The number of carbonyl (C=O) groups excluding carboxylic acids is 1. The maximum Gasteiger partial charge on any atom is 0.269 e. The van der Waals surface area contributed by atoms with E-state index in [2.05, 4.69) is 0 Å². The van der Waals surface area contributed by atoms with E-state index in [0.29, 0.717) is 5.56 Å². The fraction of sp³-hybridized carbons (Fsp3) is 0. The van der Waals surface area contributed by atoms with Gasteiger partial charge in [0.25, 0.3) is 5.91 Å². The Kier molecular flexibility index (Phi) is 3.24. The minimum atomic E-state index is -0.284. The van der Waals surface area contributed by atoms with Gasteiger partial charge in [-0.1, -0.05) is 18.2 Å². The van der Waals surface area contributed by atoms with Gasteiger partial charge in [0.2, 0.25) is 5.96 Å². The van der Waals surface area contributed by atoms with E-state index in [-0.39, 0.29) is 11.9 Å². The molecule has 3 N–H and O–H groups in total. The molecule has 0 aliphatic heterocycles. The Labute approximate surface area is 89.7 Å². The van der Waals surface area contributed by atoms with Crippen molar-refractivity contribution in [1.29, 1.82) is 5.41 Å². The maximum absolute atomic E-state index is 11.5. The summed E-state index contributed by atoms with van der Waals surface area (Å²) in [7, 11) is 0. The van der Waals surface area contributed by atoms with Crippen molar-refractivity contribution in [3.8, 4) is 0 Å². The minimum Gasteiger partial charge on any atom is -0.369 e. The van der Waals surface area contributed by atoms with Crippen LogP contribution in [0.5, 0.6) is 0 Å². The van der Waals surface area contributed by atoms with Crippen LogP contribution < -0.4 is 5.73 Å². The first-order valence-electron chi connectivity index (χ1n) is 3.52. The second-order valence-electron chi connectivity index (χ2n) is 2.34. The number of amides is 1. The van der Waals surface area contributed by atoms with E-state index in [1.54, 1.807) is 47.1 Å². The molecule has 0 aliphatic rings. The fourth-order valence-corrected chi connectivity index (χ4v) is 1.08.